The van der Waals surface area contributed by atoms with Gasteiger partial charge in [0.1, 0.15) is 0 Å². The van der Waals surface area contributed by atoms with Gasteiger partial charge in [-0.3, -0.25) is 14.6 Å². The maximum atomic E-state index is 13.8. The van der Waals surface area contributed by atoms with Crippen LogP contribution in [0.5, 0.6) is 0 Å². The van der Waals surface area contributed by atoms with E-state index in [-0.39, 0.29) is 23.1 Å². The topological polar surface area (TPSA) is 75.4 Å². The Labute approximate surface area is 183 Å². The number of carbonyl (C=O) groups excluding carboxylic acids is 2. The molecule has 1 aliphatic heterocycles. The van der Waals surface area contributed by atoms with Crippen LogP contribution in [0.4, 0.5) is 8.78 Å². The van der Waals surface area contributed by atoms with Crippen LogP contribution >= 0.6 is 0 Å². The third kappa shape index (κ3) is 4.44. The van der Waals surface area contributed by atoms with E-state index in [1.807, 2.05) is 6.92 Å². The summed E-state index contributed by atoms with van der Waals surface area (Å²) >= 11 is 0. The van der Waals surface area contributed by atoms with E-state index in [2.05, 4.69) is 10.3 Å². The molecular weight excluding hydrogens is 416 g/mol. The second-order valence-electron chi connectivity index (χ2n) is 7.47. The zero-order valence-electron chi connectivity index (χ0n) is 17.4. The molecule has 4 rings (SSSR count). The zero-order valence-corrected chi connectivity index (χ0v) is 17.4. The molecule has 2 aromatic heterocycles. The minimum absolute atomic E-state index is 0.0163. The zero-order chi connectivity index (χ0) is 22.7. The molecule has 3 aromatic rings. The molecule has 8 heteroatoms. The first kappa shape index (κ1) is 21.4. The van der Waals surface area contributed by atoms with Crippen LogP contribution in [0.3, 0.4) is 0 Å². The molecule has 0 bridgehead atoms. The van der Waals surface area contributed by atoms with E-state index in [1.54, 1.807) is 23.2 Å². The van der Waals surface area contributed by atoms with Crippen molar-refractivity contribution in [2.45, 2.75) is 26.4 Å². The summed E-state index contributed by atoms with van der Waals surface area (Å²) < 4.78 is 32.3. The van der Waals surface area contributed by atoms with Crippen LogP contribution in [0.15, 0.2) is 53.3 Å². The molecule has 0 saturated carbocycles. The Kier molecular flexibility index (Phi) is 6.11. The van der Waals surface area contributed by atoms with Gasteiger partial charge in [0.15, 0.2) is 17.4 Å². The molecule has 3 heterocycles. The van der Waals surface area contributed by atoms with E-state index in [4.69, 9.17) is 4.42 Å². The van der Waals surface area contributed by atoms with Crippen LogP contribution in [-0.2, 0) is 24.3 Å². The number of nitrogens with one attached hydrogen (secondary N) is 1. The molecule has 6 nitrogen and oxygen atoms in total. The van der Waals surface area contributed by atoms with Gasteiger partial charge in [-0.15, -0.1) is 0 Å². The highest BCUT2D eigenvalue weighted by Crippen LogP contribution is 2.24. The van der Waals surface area contributed by atoms with E-state index < -0.39 is 11.6 Å². The number of carbonyl (C=O) groups is 2. The highest BCUT2D eigenvalue weighted by molar-refractivity contribution is 5.92. The molecule has 0 spiro atoms. The Morgan fingerprint density at radius 2 is 2.09 bits per heavy atom. The fourth-order valence-electron chi connectivity index (χ4n) is 3.72. The summed E-state index contributed by atoms with van der Waals surface area (Å²) in [5.74, 6) is -2.32. The number of amides is 2. The number of hydrogen-bond donors (Lipinski definition) is 1. The van der Waals surface area contributed by atoms with Crippen molar-refractivity contribution < 1.29 is 22.8 Å². The molecule has 0 fully saturated rings. The highest BCUT2D eigenvalue weighted by Gasteiger charge is 2.23. The quantitative estimate of drug-likeness (QED) is 0.617. The summed E-state index contributed by atoms with van der Waals surface area (Å²) in [7, 11) is 0. The van der Waals surface area contributed by atoms with Crippen molar-refractivity contribution in [1.82, 2.24) is 15.2 Å². The lowest BCUT2D eigenvalue weighted by Gasteiger charge is -2.29. The van der Waals surface area contributed by atoms with Gasteiger partial charge in [0.25, 0.3) is 5.91 Å². The molecule has 0 atom stereocenters. The van der Waals surface area contributed by atoms with Crippen molar-refractivity contribution in [2.24, 2.45) is 0 Å². The Balaban J connectivity index is 1.46. The van der Waals surface area contributed by atoms with E-state index in [1.165, 1.54) is 30.5 Å². The molecule has 1 aromatic carbocycles. The number of fused-ring (bicyclic) bond motifs is 1. The minimum atomic E-state index is -0.985. The number of hydrogen-bond acceptors (Lipinski definition) is 4. The second kappa shape index (κ2) is 9.13. The molecule has 0 aliphatic carbocycles. The van der Waals surface area contributed by atoms with Crippen LogP contribution in [0.25, 0.3) is 6.08 Å². The van der Waals surface area contributed by atoms with Crippen LogP contribution in [0.1, 0.15) is 38.5 Å². The molecule has 1 aliphatic rings. The van der Waals surface area contributed by atoms with Gasteiger partial charge in [0.05, 0.1) is 6.26 Å². The fourth-order valence-corrected chi connectivity index (χ4v) is 3.72. The molecule has 0 saturated heterocycles. The molecule has 32 heavy (non-hydrogen) atoms. The Hall–Kier alpha value is -3.81. The van der Waals surface area contributed by atoms with Gasteiger partial charge in [0.2, 0.25) is 5.91 Å². The van der Waals surface area contributed by atoms with Crippen molar-refractivity contribution >= 4 is 17.9 Å². The van der Waals surface area contributed by atoms with Gasteiger partial charge in [-0.1, -0.05) is 12.1 Å². The molecule has 0 radical (unpaired) electrons. The Morgan fingerprint density at radius 3 is 2.88 bits per heavy atom. The van der Waals surface area contributed by atoms with E-state index in [0.29, 0.717) is 26.1 Å². The van der Waals surface area contributed by atoms with Gasteiger partial charge in [-0.2, -0.15) is 0 Å². The maximum absolute atomic E-state index is 13.8. The molecule has 1 N–H and O–H groups in total. The number of rotatable bonds is 5. The number of halogens is 2. The smallest absolute Gasteiger partial charge is 0.287 e. The number of aryl methyl sites for hydroxylation is 1. The highest BCUT2D eigenvalue weighted by atomic mass is 19.2. The maximum Gasteiger partial charge on any atom is 0.287 e. The average molecular weight is 437 g/mol. The first-order valence-electron chi connectivity index (χ1n) is 10.1. The number of nitrogens with zero attached hydrogens (tertiary/aromatic N) is 2. The van der Waals surface area contributed by atoms with Crippen molar-refractivity contribution in [3.63, 3.8) is 0 Å². The van der Waals surface area contributed by atoms with Crippen LogP contribution in [0, 0.1) is 18.6 Å². The van der Waals surface area contributed by atoms with Crippen molar-refractivity contribution in [3.8, 4) is 0 Å². The summed E-state index contributed by atoms with van der Waals surface area (Å²) in [5, 5.41) is 2.84. The first-order valence-corrected chi connectivity index (χ1v) is 10.1. The molecule has 2 amide bonds. The van der Waals surface area contributed by atoms with Gasteiger partial charge in [0, 0.05) is 43.2 Å². The third-order valence-corrected chi connectivity index (χ3v) is 5.46. The van der Waals surface area contributed by atoms with Crippen molar-refractivity contribution in [1.29, 1.82) is 0 Å². The number of furan rings is 1. The monoisotopic (exact) mass is 437 g/mol. The summed E-state index contributed by atoms with van der Waals surface area (Å²) in [5.41, 5.74) is 3.70. The Morgan fingerprint density at radius 1 is 1.25 bits per heavy atom. The number of pyridine rings is 1. The van der Waals surface area contributed by atoms with E-state index in [9.17, 15) is 18.4 Å². The average Bonchev–Trinajstić information content (AvgIpc) is 3.34. The third-order valence-electron chi connectivity index (χ3n) is 5.46. The van der Waals surface area contributed by atoms with Crippen LogP contribution in [-0.4, -0.2) is 28.2 Å². The van der Waals surface area contributed by atoms with Crippen LogP contribution in [0.2, 0.25) is 0 Å². The van der Waals surface area contributed by atoms with Gasteiger partial charge in [-0.25, -0.2) is 8.78 Å². The summed E-state index contributed by atoms with van der Waals surface area (Å²) in [4.78, 5) is 30.9. The van der Waals surface area contributed by atoms with E-state index >= 15 is 0 Å². The minimum Gasteiger partial charge on any atom is -0.459 e. The largest absolute Gasteiger partial charge is 0.459 e. The number of aromatic nitrogens is 1. The van der Waals surface area contributed by atoms with Gasteiger partial charge < -0.3 is 14.6 Å². The SMILES string of the molecule is Cc1ncc2c(c1CNC(=O)c1ccco1)CCN(C(=O)/C=C/c1cccc(F)c1F)C2. The Bertz CT molecular complexity index is 1190. The standard InChI is InChI=1S/C24H21F2N3O3/c1-15-19(13-28-24(31)21-6-3-11-32-21)18-9-10-29(14-17(18)12-27-15)22(30)8-7-16-4-2-5-20(25)23(16)26/h2-8,11-12H,9-10,13-14H2,1H3,(H,28,31)/b8-7+. The predicted octanol–water partition coefficient (Wildman–Crippen LogP) is 3.79. The van der Waals surface area contributed by atoms with Crippen molar-refractivity contribution in [2.75, 3.05) is 6.54 Å². The van der Waals surface area contributed by atoms with E-state index in [0.717, 1.165) is 28.5 Å². The predicted molar refractivity (Wildman–Crippen MR) is 113 cm³/mol. The first-order chi connectivity index (χ1) is 15.4. The molecular formula is C24H21F2N3O3. The van der Waals surface area contributed by atoms with Crippen LogP contribution < -0.4 is 5.32 Å². The molecule has 0 unspecified atom stereocenters. The fraction of sp³-hybridized carbons (Fsp3) is 0.208. The lowest BCUT2D eigenvalue weighted by molar-refractivity contribution is -0.126. The van der Waals surface area contributed by atoms with Gasteiger partial charge in [-0.05, 0) is 54.3 Å². The number of benzene rings is 1. The summed E-state index contributed by atoms with van der Waals surface area (Å²) in [6, 6.07) is 7.06. The molecule has 164 valence electrons. The lowest BCUT2D eigenvalue weighted by atomic mass is 9.94. The van der Waals surface area contributed by atoms with Gasteiger partial charge >= 0.3 is 0 Å². The normalized spacial score (nSPS) is 13.3. The lowest BCUT2D eigenvalue weighted by Crippen LogP contribution is -2.36. The van der Waals surface area contributed by atoms with Crippen molar-refractivity contribution in [3.05, 3.63) is 94.2 Å². The summed E-state index contributed by atoms with van der Waals surface area (Å²) in [6.45, 7) is 2.98. The second-order valence-corrected chi connectivity index (χ2v) is 7.47. The summed E-state index contributed by atoms with van der Waals surface area (Å²) in [6.07, 6.45) is 6.29.